The van der Waals surface area contributed by atoms with Crippen molar-refractivity contribution >= 4 is 0 Å². The van der Waals surface area contributed by atoms with Gasteiger partial charge in [0, 0.05) is 32.0 Å². The monoisotopic (exact) mass is 207 g/mol. The molecule has 0 spiro atoms. The van der Waals surface area contributed by atoms with E-state index >= 15 is 0 Å². The number of nitrogens with zero attached hydrogens (tertiary/aromatic N) is 2. The molecule has 0 radical (unpaired) electrons. The van der Waals surface area contributed by atoms with Gasteiger partial charge >= 0.3 is 0 Å². The zero-order valence-corrected chi connectivity index (χ0v) is 8.85. The number of ether oxygens (including phenoxy) is 1. The summed E-state index contributed by atoms with van der Waals surface area (Å²) in [7, 11) is 0. The molecule has 4 nitrogen and oxygen atoms in total. The van der Waals surface area contributed by atoms with Crippen LogP contribution in [0.2, 0.25) is 0 Å². The summed E-state index contributed by atoms with van der Waals surface area (Å²) >= 11 is 0. The lowest BCUT2D eigenvalue weighted by molar-refractivity contribution is 0.0852. The van der Waals surface area contributed by atoms with Gasteiger partial charge in [-0.1, -0.05) is 0 Å². The molecule has 0 saturated carbocycles. The molecule has 0 amide bonds. The molecule has 0 aliphatic carbocycles. The van der Waals surface area contributed by atoms with Crippen LogP contribution in [0.1, 0.15) is 30.1 Å². The van der Waals surface area contributed by atoms with Crippen LogP contribution in [0.5, 0.6) is 0 Å². The lowest BCUT2D eigenvalue weighted by Gasteiger charge is -2.21. The molecule has 1 aliphatic heterocycles. The summed E-state index contributed by atoms with van der Waals surface area (Å²) in [4.78, 5) is 8.62. The Hall–Kier alpha value is -1.00. The molecule has 0 aromatic carbocycles. The van der Waals surface area contributed by atoms with Crippen LogP contribution < -0.4 is 5.73 Å². The van der Waals surface area contributed by atoms with Crippen LogP contribution >= 0.6 is 0 Å². The summed E-state index contributed by atoms with van der Waals surface area (Å²) in [5.41, 5.74) is 6.68. The molecule has 1 aromatic rings. The van der Waals surface area contributed by atoms with Crippen molar-refractivity contribution in [3.8, 4) is 0 Å². The largest absolute Gasteiger partial charge is 0.381 e. The highest BCUT2D eigenvalue weighted by Gasteiger charge is 2.16. The molecule has 1 aromatic heterocycles. The Balaban J connectivity index is 2.02. The molecule has 82 valence electrons. The highest BCUT2D eigenvalue weighted by molar-refractivity contribution is 5.12. The predicted molar refractivity (Wildman–Crippen MR) is 57.6 cm³/mol. The van der Waals surface area contributed by atoms with Gasteiger partial charge in [-0.3, -0.25) is 0 Å². The van der Waals surface area contributed by atoms with Gasteiger partial charge in [-0.25, -0.2) is 9.97 Å². The van der Waals surface area contributed by atoms with Gasteiger partial charge in [0.15, 0.2) is 0 Å². The molecule has 1 aliphatic rings. The SMILES string of the molecule is NCCc1ncc(C2CCOCC2)cn1. The third-order valence-corrected chi connectivity index (χ3v) is 2.79. The number of aromatic nitrogens is 2. The van der Waals surface area contributed by atoms with Gasteiger partial charge in [-0.05, 0) is 30.9 Å². The van der Waals surface area contributed by atoms with Crippen molar-refractivity contribution in [2.75, 3.05) is 19.8 Å². The smallest absolute Gasteiger partial charge is 0.129 e. The Bertz CT molecular complexity index is 293. The lowest BCUT2D eigenvalue weighted by Crippen LogP contribution is -2.15. The zero-order chi connectivity index (χ0) is 10.5. The van der Waals surface area contributed by atoms with E-state index in [1.807, 2.05) is 12.4 Å². The van der Waals surface area contributed by atoms with Crippen molar-refractivity contribution in [3.63, 3.8) is 0 Å². The highest BCUT2D eigenvalue weighted by Crippen LogP contribution is 2.25. The van der Waals surface area contributed by atoms with Crippen LogP contribution in [0.4, 0.5) is 0 Å². The Kier molecular flexibility index (Phi) is 3.64. The zero-order valence-electron chi connectivity index (χ0n) is 8.85. The molecule has 2 N–H and O–H groups in total. The van der Waals surface area contributed by atoms with Gasteiger partial charge in [0.2, 0.25) is 0 Å². The maximum Gasteiger partial charge on any atom is 0.129 e. The minimum atomic E-state index is 0.575. The topological polar surface area (TPSA) is 61.0 Å². The van der Waals surface area contributed by atoms with E-state index in [0.717, 1.165) is 38.3 Å². The summed E-state index contributed by atoms with van der Waals surface area (Å²) in [5.74, 6) is 1.42. The minimum absolute atomic E-state index is 0.575. The molecule has 4 heteroatoms. The van der Waals surface area contributed by atoms with Crippen LogP contribution in [-0.4, -0.2) is 29.7 Å². The van der Waals surface area contributed by atoms with Crippen LogP contribution in [0.3, 0.4) is 0 Å². The Morgan fingerprint density at radius 2 is 1.93 bits per heavy atom. The Morgan fingerprint density at radius 1 is 1.27 bits per heavy atom. The molecule has 15 heavy (non-hydrogen) atoms. The normalized spacial score (nSPS) is 17.9. The predicted octanol–water partition coefficient (Wildman–Crippen LogP) is 0.872. The fourth-order valence-electron chi connectivity index (χ4n) is 1.86. The number of nitrogens with two attached hydrogens (primary N) is 1. The first kappa shape index (κ1) is 10.5. The first-order valence-electron chi connectivity index (χ1n) is 5.49. The highest BCUT2D eigenvalue weighted by atomic mass is 16.5. The third-order valence-electron chi connectivity index (χ3n) is 2.79. The maximum atomic E-state index is 5.44. The standard InChI is InChI=1S/C11H17N3O/c12-4-1-11-13-7-10(8-14-11)9-2-5-15-6-3-9/h7-9H,1-6,12H2. The molecule has 2 heterocycles. The first-order valence-corrected chi connectivity index (χ1v) is 5.49. The van der Waals surface area contributed by atoms with Crippen molar-refractivity contribution in [3.05, 3.63) is 23.8 Å². The van der Waals surface area contributed by atoms with Crippen molar-refractivity contribution in [1.29, 1.82) is 0 Å². The number of hydrogen-bond donors (Lipinski definition) is 1. The molecule has 1 fully saturated rings. The molecule has 0 unspecified atom stereocenters. The second-order valence-corrected chi connectivity index (χ2v) is 3.86. The van der Waals surface area contributed by atoms with Gasteiger partial charge in [0.1, 0.15) is 5.82 Å². The Morgan fingerprint density at radius 3 is 2.53 bits per heavy atom. The third kappa shape index (κ3) is 2.73. The summed E-state index contributed by atoms with van der Waals surface area (Å²) in [6, 6.07) is 0. The molecular weight excluding hydrogens is 190 g/mol. The van der Waals surface area contributed by atoms with Crippen LogP contribution in [0, 0.1) is 0 Å². The second-order valence-electron chi connectivity index (χ2n) is 3.86. The van der Waals surface area contributed by atoms with Crippen molar-refractivity contribution < 1.29 is 4.74 Å². The van der Waals surface area contributed by atoms with Crippen molar-refractivity contribution in [2.24, 2.45) is 5.73 Å². The van der Waals surface area contributed by atoms with Gasteiger partial charge in [-0.15, -0.1) is 0 Å². The average Bonchev–Trinajstić information content (AvgIpc) is 2.32. The van der Waals surface area contributed by atoms with E-state index in [0.29, 0.717) is 12.5 Å². The van der Waals surface area contributed by atoms with Gasteiger partial charge in [0.05, 0.1) is 0 Å². The summed E-state index contributed by atoms with van der Waals surface area (Å²) < 4.78 is 5.33. The van der Waals surface area contributed by atoms with E-state index < -0.39 is 0 Å². The van der Waals surface area contributed by atoms with Crippen LogP contribution in [0.15, 0.2) is 12.4 Å². The molecule has 0 bridgehead atoms. The van der Waals surface area contributed by atoms with Gasteiger partial charge in [0.25, 0.3) is 0 Å². The fourth-order valence-corrected chi connectivity index (χ4v) is 1.86. The fraction of sp³-hybridized carbons (Fsp3) is 0.636. The Labute approximate surface area is 89.9 Å². The second kappa shape index (κ2) is 5.19. The molecule has 0 atom stereocenters. The number of rotatable bonds is 3. The summed E-state index contributed by atoms with van der Waals surface area (Å²) in [5, 5.41) is 0. The van der Waals surface area contributed by atoms with Gasteiger partial charge in [-0.2, -0.15) is 0 Å². The van der Waals surface area contributed by atoms with E-state index in [1.54, 1.807) is 0 Å². The summed E-state index contributed by atoms with van der Waals surface area (Å²) in [6.45, 7) is 2.32. The van der Waals surface area contributed by atoms with Crippen LogP contribution in [0.25, 0.3) is 0 Å². The minimum Gasteiger partial charge on any atom is -0.381 e. The molecule has 1 saturated heterocycles. The van der Waals surface area contributed by atoms with E-state index in [1.165, 1.54) is 5.56 Å². The van der Waals surface area contributed by atoms with E-state index in [9.17, 15) is 0 Å². The van der Waals surface area contributed by atoms with Gasteiger partial charge < -0.3 is 10.5 Å². The average molecular weight is 207 g/mol. The maximum absolute atomic E-state index is 5.44. The number of hydrogen-bond acceptors (Lipinski definition) is 4. The first-order chi connectivity index (χ1) is 7.40. The summed E-state index contributed by atoms with van der Waals surface area (Å²) in [6.07, 6.45) is 6.80. The molecular formula is C11H17N3O. The van der Waals surface area contributed by atoms with Crippen molar-refractivity contribution in [1.82, 2.24) is 9.97 Å². The molecule has 2 rings (SSSR count). The quantitative estimate of drug-likeness (QED) is 0.799. The van der Waals surface area contributed by atoms with E-state index in [-0.39, 0.29) is 0 Å². The van der Waals surface area contributed by atoms with Crippen LogP contribution in [-0.2, 0) is 11.2 Å². The van der Waals surface area contributed by atoms with E-state index in [4.69, 9.17) is 10.5 Å². The van der Waals surface area contributed by atoms with E-state index in [2.05, 4.69) is 9.97 Å². The van der Waals surface area contributed by atoms with Crippen molar-refractivity contribution in [2.45, 2.75) is 25.2 Å². The lowest BCUT2D eigenvalue weighted by atomic mass is 9.94.